The van der Waals surface area contributed by atoms with E-state index in [9.17, 15) is 19.5 Å². The summed E-state index contributed by atoms with van der Waals surface area (Å²) in [5, 5.41) is 14.1. The smallest absolute Gasteiger partial charge is 0.335 e. The number of rotatable bonds is 7. The molecule has 1 aromatic heterocycles. The maximum absolute atomic E-state index is 15.1. The Morgan fingerprint density at radius 2 is 1.76 bits per heavy atom. The number of aromatic carboxylic acids is 1. The lowest BCUT2D eigenvalue weighted by Gasteiger charge is -2.31. The third-order valence-electron chi connectivity index (χ3n) is 7.33. The van der Waals surface area contributed by atoms with Crippen molar-refractivity contribution < 1.29 is 23.9 Å². The first kappa shape index (κ1) is 27.4. The quantitative estimate of drug-likeness (QED) is 0.451. The van der Waals surface area contributed by atoms with E-state index >= 15 is 4.39 Å². The number of hydrogen-bond acceptors (Lipinski definition) is 5. The standard InChI is InChI=1S/C29H35FN4O4/c1-29(2,3)25(31)27(36)33(16-19-12-14-20(15-13-19)28(37)38)26(35)23-21-10-7-11-22(30)24(21)34(32-23)17-18-8-5-4-6-9-18/h7,10-15,18,25H,4-6,8-9,16-17,31H2,1-3H3,(H,37,38)/t25-/m1/s1. The number of aromatic nitrogens is 2. The molecule has 3 aromatic rings. The molecule has 1 saturated carbocycles. The average molecular weight is 523 g/mol. The van der Waals surface area contributed by atoms with Crippen molar-refractivity contribution in [2.75, 3.05) is 0 Å². The molecule has 0 bridgehead atoms. The third kappa shape index (κ3) is 5.78. The Balaban J connectivity index is 1.75. The zero-order valence-electron chi connectivity index (χ0n) is 22.1. The number of carbonyl (C=O) groups excluding carboxylic acids is 2. The second-order valence-electron chi connectivity index (χ2n) is 11.2. The fourth-order valence-electron chi connectivity index (χ4n) is 4.95. The summed E-state index contributed by atoms with van der Waals surface area (Å²) in [5.41, 5.74) is 6.54. The maximum Gasteiger partial charge on any atom is 0.335 e. The van der Waals surface area contributed by atoms with E-state index in [1.54, 1.807) is 22.9 Å². The maximum atomic E-state index is 15.1. The Morgan fingerprint density at radius 3 is 2.37 bits per heavy atom. The molecule has 9 heteroatoms. The van der Waals surface area contributed by atoms with Crippen LogP contribution in [0.2, 0.25) is 0 Å². The number of nitrogens with zero attached hydrogens (tertiary/aromatic N) is 3. The van der Waals surface area contributed by atoms with E-state index < -0.39 is 35.1 Å². The van der Waals surface area contributed by atoms with Gasteiger partial charge < -0.3 is 10.8 Å². The second-order valence-corrected chi connectivity index (χ2v) is 11.2. The van der Waals surface area contributed by atoms with Gasteiger partial charge in [0.1, 0.15) is 11.3 Å². The molecule has 2 aromatic carbocycles. The van der Waals surface area contributed by atoms with E-state index in [4.69, 9.17) is 5.73 Å². The molecule has 8 nitrogen and oxygen atoms in total. The van der Waals surface area contributed by atoms with Gasteiger partial charge in [-0.3, -0.25) is 19.2 Å². The van der Waals surface area contributed by atoms with Gasteiger partial charge in [-0.05, 0) is 47.9 Å². The fraction of sp³-hybridized carbons (Fsp3) is 0.448. The number of hydrogen-bond donors (Lipinski definition) is 2. The van der Waals surface area contributed by atoms with Gasteiger partial charge in [0, 0.05) is 11.9 Å². The number of benzene rings is 2. The first-order valence-corrected chi connectivity index (χ1v) is 13.1. The van der Waals surface area contributed by atoms with Gasteiger partial charge in [0.15, 0.2) is 5.69 Å². The van der Waals surface area contributed by atoms with Crippen molar-refractivity contribution in [3.8, 4) is 0 Å². The largest absolute Gasteiger partial charge is 0.478 e. The second kappa shape index (κ2) is 11.0. The highest BCUT2D eigenvalue weighted by Crippen LogP contribution is 2.29. The Hall–Kier alpha value is -3.59. The molecule has 3 N–H and O–H groups in total. The predicted octanol–water partition coefficient (Wildman–Crippen LogP) is 5.00. The van der Waals surface area contributed by atoms with Crippen molar-refractivity contribution in [1.29, 1.82) is 0 Å². The number of amides is 2. The van der Waals surface area contributed by atoms with Gasteiger partial charge in [-0.15, -0.1) is 0 Å². The van der Waals surface area contributed by atoms with Crippen LogP contribution < -0.4 is 5.73 Å². The molecule has 0 spiro atoms. The van der Waals surface area contributed by atoms with Crippen LogP contribution >= 0.6 is 0 Å². The summed E-state index contributed by atoms with van der Waals surface area (Å²) in [6.07, 6.45) is 5.47. The zero-order chi connectivity index (χ0) is 27.6. The van der Waals surface area contributed by atoms with Crippen molar-refractivity contribution in [2.45, 2.75) is 72.0 Å². The molecule has 2 amide bonds. The molecule has 1 aliphatic carbocycles. The molecule has 0 unspecified atom stereocenters. The fourth-order valence-corrected chi connectivity index (χ4v) is 4.95. The summed E-state index contributed by atoms with van der Waals surface area (Å²) < 4.78 is 16.6. The SMILES string of the molecule is CC(C)(C)[C@H](N)C(=O)N(Cc1ccc(C(=O)O)cc1)C(=O)c1nn(CC2CCCCC2)c2c(F)cccc12. The Bertz CT molecular complexity index is 1340. The van der Waals surface area contributed by atoms with E-state index in [2.05, 4.69) is 5.10 Å². The van der Waals surface area contributed by atoms with Crippen LogP contribution in [0.4, 0.5) is 4.39 Å². The number of para-hydroxylation sites is 1. The summed E-state index contributed by atoms with van der Waals surface area (Å²) in [7, 11) is 0. The van der Waals surface area contributed by atoms with Gasteiger partial charge in [0.2, 0.25) is 5.91 Å². The van der Waals surface area contributed by atoms with Crippen LogP contribution in [0, 0.1) is 17.2 Å². The number of halogens is 1. The lowest BCUT2D eigenvalue weighted by Crippen LogP contribution is -2.52. The van der Waals surface area contributed by atoms with Gasteiger partial charge in [0.25, 0.3) is 5.91 Å². The number of carbonyl (C=O) groups is 3. The number of fused-ring (bicyclic) bond motifs is 1. The number of carboxylic acid groups (broad SMARTS) is 1. The lowest BCUT2D eigenvalue weighted by atomic mass is 9.86. The van der Waals surface area contributed by atoms with Crippen LogP contribution in [0.5, 0.6) is 0 Å². The highest BCUT2D eigenvalue weighted by molar-refractivity contribution is 6.11. The zero-order valence-corrected chi connectivity index (χ0v) is 22.1. The molecule has 1 fully saturated rings. The normalized spacial score (nSPS) is 15.4. The third-order valence-corrected chi connectivity index (χ3v) is 7.33. The van der Waals surface area contributed by atoms with Crippen LogP contribution in [-0.2, 0) is 17.9 Å². The van der Waals surface area contributed by atoms with E-state index in [0.29, 0.717) is 23.4 Å². The minimum absolute atomic E-state index is 0.00748. The molecule has 1 atom stereocenters. The minimum Gasteiger partial charge on any atom is -0.478 e. The van der Waals surface area contributed by atoms with E-state index in [0.717, 1.165) is 30.6 Å². The first-order valence-electron chi connectivity index (χ1n) is 13.1. The molecule has 0 radical (unpaired) electrons. The van der Waals surface area contributed by atoms with Crippen molar-refractivity contribution in [3.05, 3.63) is 65.1 Å². The van der Waals surface area contributed by atoms with Crippen molar-refractivity contribution in [2.24, 2.45) is 17.1 Å². The number of carboxylic acids is 1. The molecule has 4 rings (SSSR count). The summed E-state index contributed by atoms with van der Waals surface area (Å²) in [6.45, 7) is 5.79. The molecule has 0 saturated heterocycles. The topological polar surface area (TPSA) is 119 Å². The Morgan fingerprint density at radius 1 is 1.11 bits per heavy atom. The monoisotopic (exact) mass is 522 g/mol. The van der Waals surface area contributed by atoms with E-state index in [-0.39, 0.29) is 23.3 Å². The molecule has 1 heterocycles. The van der Waals surface area contributed by atoms with Crippen molar-refractivity contribution >= 4 is 28.7 Å². The molecular formula is C29H35FN4O4. The van der Waals surface area contributed by atoms with Gasteiger partial charge in [0.05, 0.1) is 18.2 Å². The van der Waals surface area contributed by atoms with Crippen LogP contribution in [-0.4, -0.2) is 43.6 Å². The molecule has 38 heavy (non-hydrogen) atoms. The minimum atomic E-state index is -1.08. The molecule has 202 valence electrons. The highest BCUT2D eigenvalue weighted by Gasteiger charge is 2.36. The average Bonchev–Trinajstić information content (AvgIpc) is 3.25. The van der Waals surface area contributed by atoms with Crippen molar-refractivity contribution in [1.82, 2.24) is 14.7 Å². The summed E-state index contributed by atoms with van der Waals surface area (Å²) in [4.78, 5) is 39.9. The first-order chi connectivity index (χ1) is 18.0. The van der Waals surface area contributed by atoms with E-state index in [1.807, 2.05) is 20.8 Å². The summed E-state index contributed by atoms with van der Waals surface area (Å²) >= 11 is 0. The molecule has 0 aliphatic heterocycles. The van der Waals surface area contributed by atoms with Gasteiger partial charge in [-0.2, -0.15) is 5.10 Å². The predicted molar refractivity (Wildman–Crippen MR) is 142 cm³/mol. The van der Waals surface area contributed by atoms with Crippen molar-refractivity contribution in [3.63, 3.8) is 0 Å². The van der Waals surface area contributed by atoms with Gasteiger partial charge in [-0.25, -0.2) is 9.18 Å². The van der Waals surface area contributed by atoms with E-state index in [1.165, 1.54) is 30.7 Å². The highest BCUT2D eigenvalue weighted by atomic mass is 19.1. The summed E-state index contributed by atoms with van der Waals surface area (Å²) in [6, 6.07) is 9.46. The van der Waals surface area contributed by atoms with Crippen LogP contribution in [0.25, 0.3) is 10.9 Å². The Kier molecular flexibility index (Phi) is 7.97. The van der Waals surface area contributed by atoms with Crippen LogP contribution in [0.15, 0.2) is 42.5 Å². The number of nitrogens with two attached hydrogens (primary N) is 1. The molecule has 1 aliphatic rings. The Labute approximate surface area is 221 Å². The van der Waals surface area contributed by atoms with Crippen LogP contribution in [0.1, 0.15) is 79.3 Å². The van der Waals surface area contributed by atoms with Gasteiger partial charge in [-0.1, -0.05) is 64.3 Å². The van der Waals surface area contributed by atoms with Gasteiger partial charge >= 0.3 is 5.97 Å². The summed E-state index contributed by atoms with van der Waals surface area (Å²) in [5.74, 6) is -2.47. The lowest BCUT2D eigenvalue weighted by molar-refractivity contribution is -0.132. The number of imide groups is 1. The molecular weight excluding hydrogens is 487 g/mol. The van der Waals surface area contributed by atoms with Crippen LogP contribution in [0.3, 0.4) is 0 Å².